The van der Waals surface area contributed by atoms with Crippen LogP contribution in [0.2, 0.25) is 0 Å². The van der Waals surface area contributed by atoms with E-state index in [-0.39, 0.29) is 38.1 Å². The molecule has 0 bridgehead atoms. The van der Waals surface area contributed by atoms with Gasteiger partial charge in [0.15, 0.2) is 0 Å². The Kier molecular flexibility index (Phi) is 173. The van der Waals surface area contributed by atoms with Gasteiger partial charge in [-0.05, 0) is 27.7 Å². The zero-order valence-electron chi connectivity index (χ0n) is 15.9. The van der Waals surface area contributed by atoms with E-state index in [4.69, 9.17) is 27.9 Å². The maximum Gasteiger partial charge on any atom is 0 e. The third kappa shape index (κ3) is 88.5. The smallest absolute Gasteiger partial charge is 0 e. The molecule has 1 aliphatic carbocycles. The maximum atomic E-state index is 7.50. The Bertz CT molecular complexity index is 265. The normalized spacial score (nSPS) is 8.44. The summed E-state index contributed by atoms with van der Waals surface area (Å²) in [6.07, 6.45) is 7.50. The maximum absolute atomic E-state index is 7.50. The predicted molar refractivity (Wildman–Crippen MR) is 88.5 cm³/mol. The van der Waals surface area contributed by atoms with Crippen molar-refractivity contribution in [3.8, 4) is 0 Å². The third-order valence-corrected chi connectivity index (χ3v) is 3.64. The average Bonchev–Trinajstić information content (AvgIpc) is 3.30. The SMILES string of the molecule is C1CCCC1.CC(C)N(P)C(C)C.[C-]#[O+].[C-]#[O+].[C-]#[O+].[C-]#[O+].[C-]#[O+].[C-]#[O+].[Fe].[Mo]. The quantitative estimate of drug-likeness (QED) is 0.234. The minimum atomic E-state index is 0. The zero-order chi connectivity index (χ0) is 22.3. The minimum absolute atomic E-state index is 0. The van der Waals surface area contributed by atoms with Gasteiger partial charge in [-0.2, -0.15) is 0 Å². The standard InChI is InChI=1S/C6H16NP.C5H10.6CO.Fe.Mo/c1-5(2)7(8)6(3)4;1-2-4-5-3-1;6*1-2;;/h5-6H,8H2,1-4H3;1-5H2;;;;;;;;. The third-order valence-electron chi connectivity index (χ3n) is 2.44. The molecule has 0 aromatic heterocycles. The van der Waals surface area contributed by atoms with E-state index in [0.717, 1.165) is 0 Å². The summed E-state index contributed by atoms with van der Waals surface area (Å²) < 4.78 is 47.2. The molecule has 0 N–H and O–H groups in total. The Morgan fingerprint density at radius 1 is 0.556 bits per heavy atom. The van der Waals surface area contributed by atoms with Crippen molar-refractivity contribution in [1.82, 2.24) is 4.67 Å². The number of hydrogen-bond donors (Lipinski definition) is 0. The second kappa shape index (κ2) is 82.8. The zero-order valence-corrected chi connectivity index (χ0v) is 20.2. The van der Waals surface area contributed by atoms with Gasteiger partial charge in [-0.15, -0.1) is 0 Å². The Balaban J connectivity index is -0.0000000215. The first-order chi connectivity index (χ1) is 12.1. The van der Waals surface area contributed by atoms with Gasteiger partial charge >= 0.3 is 67.8 Å². The van der Waals surface area contributed by atoms with Crippen molar-refractivity contribution in [2.45, 2.75) is 71.9 Å². The van der Waals surface area contributed by atoms with Crippen LogP contribution in [-0.2, 0) is 66.0 Å². The van der Waals surface area contributed by atoms with E-state index in [1.165, 1.54) is 32.1 Å². The predicted octanol–water partition coefficient (Wildman–Crippen LogP) is 3.62. The first-order valence-corrected chi connectivity index (χ1v) is 7.33. The molecule has 1 fully saturated rings. The van der Waals surface area contributed by atoms with Crippen molar-refractivity contribution in [1.29, 1.82) is 0 Å². The van der Waals surface area contributed by atoms with Crippen LogP contribution in [-0.4, -0.2) is 16.8 Å². The molecule has 1 aliphatic rings. The van der Waals surface area contributed by atoms with Gasteiger partial charge in [0.05, 0.1) is 0 Å². The number of hydrogen-bond acceptors (Lipinski definition) is 1. The summed E-state index contributed by atoms with van der Waals surface area (Å²) in [6, 6.07) is 1.28. The van der Waals surface area contributed by atoms with Crippen LogP contribution in [0.4, 0.5) is 0 Å². The van der Waals surface area contributed by atoms with Gasteiger partial charge in [0.2, 0.25) is 0 Å². The van der Waals surface area contributed by atoms with Crippen LogP contribution in [0.3, 0.4) is 0 Å². The molecule has 0 heterocycles. The van der Waals surface area contributed by atoms with Crippen LogP contribution in [0.5, 0.6) is 0 Å². The van der Waals surface area contributed by atoms with Crippen molar-refractivity contribution < 1.29 is 66.0 Å². The molecular weight excluding hydrogens is 497 g/mol. The van der Waals surface area contributed by atoms with Crippen LogP contribution in [0.15, 0.2) is 0 Å². The van der Waals surface area contributed by atoms with E-state index in [9.17, 15) is 0 Å². The van der Waals surface area contributed by atoms with Crippen molar-refractivity contribution >= 4 is 9.39 Å². The molecule has 7 nitrogen and oxygen atoms in total. The Labute approximate surface area is 191 Å². The van der Waals surface area contributed by atoms with Crippen LogP contribution < -0.4 is 0 Å². The largest absolute Gasteiger partial charge is 0 e. The molecule has 10 heteroatoms. The molecular formula is C17H26FeMoNO6P. The van der Waals surface area contributed by atoms with Gasteiger partial charge in [0.1, 0.15) is 0 Å². The molecule has 0 spiro atoms. The van der Waals surface area contributed by atoms with Crippen LogP contribution in [0.1, 0.15) is 59.8 Å². The molecule has 0 aromatic rings. The van der Waals surface area contributed by atoms with Crippen LogP contribution in [0.25, 0.3) is 0 Å². The van der Waals surface area contributed by atoms with Crippen LogP contribution >= 0.6 is 9.39 Å². The summed E-state index contributed by atoms with van der Waals surface area (Å²) in [5, 5.41) is 0. The molecule has 0 amide bonds. The molecule has 0 radical (unpaired) electrons. The summed E-state index contributed by atoms with van der Waals surface area (Å²) in [5.41, 5.74) is 0. The van der Waals surface area contributed by atoms with E-state index in [1.807, 2.05) is 0 Å². The monoisotopic (exact) mass is 525 g/mol. The fourth-order valence-corrected chi connectivity index (χ4v) is 1.48. The van der Waals surface area contributed by atoms with Gasteiger partial charge in [0, 0.05) is 50.2 Å². The molecule has 154 valence electrons. The van der Waals surface area contributed by atoms with Crippen molar-refractivity contribution in [3.63, 3.8) is 0 Å². The second-order valence-electron chi connectivity index (χ2n) is 4.40. The van der Waals surface area contributed by atoms with E-state index in [2.05, 4.69) is 81.7 Å². The second-order valence-corrected chi connectivity index (χ2v) is 5.00. The fourth-order valence-electron chi connectivity index (χ4n) is 1.48. The van der Waals surface area contributed by atoms with Gasteiger partial charge < -0.3 is 0 Å². The van der Waals surface area contributed by atoms with Gasteiger partial charge in [-0.3, -0.25) is 4.67 Å². The van der Waals surface area contributed by atoms with E-state index in [0.29, 0.717) is 12.1 Å². The first-order valence-electron chi connectivity index (χ1n) is 6.81. The van der Waals surface area contributed by atoms with E-state index in [1.54, 1.807) is 0 Å². The van der Waals surface area contributed by atoms with Crippen molar-refractivity contribution in [3.05, 3.63) is 39.9 Å². The van der Waals surface area contributed by atoms with Gasteiger partial charge in [-0.1, -0.05) is 41.5 Å². The minimum Gasteiger partial charge on any atom is 0 e. The average molecular weight is 523 g/mol. The molecule has 0 aliphatic heterocycles. The Hall–Kier alpha value is 0.0378. The molecule has 0 saturated heterocycles. The fraction of sp³-hybridized carbons (Fsp3) is 0.647. The van der Waals surface area contributed by atoms with E-state index < -0.39 is 0 Å². The number of rotatable bonds is 2. The van der Waals surface area contributed by atoms with Gasteiger partial charge in [0.25, 0.3) is 0 Å². The summed E-state index contributed by atoms with van der Waals surface area (Å²) in [5.74, 6) is 0. The van der Waals surface area contributed by atoms with Gasteiger partial charge in [-0.25, -0.2) is 0 Å². The Morgan fingerprint density at radius 3 is 0.704 bits per heavy atom. The summed E-state index contributed by atoms with van der Waals surface area (Å²) >= 11 is 0. The molecule has 27 heavy (non-hydrogen) atoms. The van der Waals surface area contributed by atoms with Crippen molar-refractivity contribution in [2.75, 3.05) is 0 Å². The van der Waals surface area contributed by atoms with Crippen molar-refractivity contribution in [2.24, 2.45) is 0 Å². The number of nitrogens with zero attached hydrogens (tertiary/aromatic N) is 1. The first kappa shape index (κ1) is 56.3. The molecule has 1 rings (SSSR count). The van der Waals surface area contributed by atoms with E-state index >= 15 is 0 Å². The molecule has 1 saturated carbocycles. The summed E-state index contributed by atoms with van der Waals surface area (Å²) in [4.78, 5) is 0. The Morgan fingerprint density at radius 2 is 0.667 bits per heavy atom. The molecule has 1 unspecified atom stereocenters. The summed E-state index contributed by atoms with van der Waals surface area (Å²) in [6.45, 7) is 35.8. The molecule has 0 aromatic carbocycles. The summed E-state index contributed by atoms with van der Waals surface area (Å²) in [7, 11) is 2.72. The molecule has 1 atom stereocenters. The topological polar surface area (TPSA) is 123 Å². The van der Waals surface area contributed by atoms with Crippen LogP contribution in [0, 0.1) is 39.9 Å².